The molecule has 0 aliphatic carbocycles. The van der Waals surface area contributed by atoms with Gasteiger partial charge in [-0.1, -0.05) is 32.9 Å². The third-order valence-electron chi connectivity index (χ3n) is 3.35. The highest BCUT2D eigenvalue weighted by Gasteiger charge is 2.31. The van der Waals surface area contributed by atoms with Crippen LogP contribution in [0.25, 0.3) is 0 Å². The summed E-state index contributed by atoms with van der Waals surface area (Å²) in [7, 11) is 2.10. The van der Waals surface area contributed by atoms with Gasteiger partial charge < -0.3 is 5.73 Å². The zero-order chi connectivity index (χ0) is 14.6. The Balaban J connectivity index is 2.88. The first-order valence-corrected chi connectivity index (χ1v) is 6.70. The lowest BCUT2D eigenvalue weighted by Crippen LogP contribution is -2.51. The summed E-state index contributed by atoms with van der Waals surface area (Å²) in [6.07, 6.45) is 0. The van der Waals surface area contributed by atoms with E-state index in [1.165, 1.54) is 0 Å². The Bertz CT molecular complexity index is 452. The van der Waals surface area contributed by atoms with E-state index in [4.69, 9.17) is 11.0 Å². The van der Waals surface area contributed by atoms with Crippen molar-refractivity contribution in [3.63, 3.8) is 0 Å². The highest BCUT2D eigenvalue weighted by atomic mass is 15.2. The van der Waals surface area contributed by atoms with Gasteiger partial charge in [0.2, 0.25) is 0 Å². The van der Waals surface area contributed by atoms with Crippen molar-refractivity contribution < 1.29 is 0 Å². The van der Waals surface area contributed by atoms with Crippen LogP contribution < -0.4 is 5.73 Å². The van der Waals surface area contributed by atoms with Crippen molar-refractivity contribution in [3.8, 4) is 6.07 Å². The third kappa shape index (κ3) is 4.34. The SMILES string of the molecule is CC(N)C(N(C)Cc1cccc(C#N)c1)C(C)(C)C. The van der Waals surface area contributed by atoms with Crippen LogP contribution in [-0.2, 0) is 6.54 Å². The van der Waals surface area contributed by atoms with Gasteiger partial charge in [0.1, 0.15) is 0 Å². The van der Waals surface area contributed by atoms with Gasteiger partial charge in [-0.2, -0.15) is 5.26 Å². The summed E-state index contributed by atoms with van der Waals surface area (Å²) in [6.45, 7) is 9.49. The molecule has 0 aliphatic rings. The van der Waals surface area contributed by atoms with Crippen molar-refractivity contribution in [1.29, 1.82) is 5.26 Å². The Morgan fingerprint density at radius 2 is 2.00 bits per heavy atom. The standard InChI is InChI=1S/C16H25N3/c1-12(18)15(16(2,3)4)19(5)11-14-8-6-7-13(9-14)10-17/h6-9,12,15H,11,18H2,1-5H3. The smallest absolute Gasteiger partial charge is 0.0991 e. The molecule has 0 saturated carbocycles. The zero-order valence-corrected chi connectivity index (χ0v) is 12.6. The van der Waals surface area contributed by atoms with E-state index in [0.717, 1.165) is 12.1 Å². The molecule has 3 nitrogen and oxygen atoms in total. The normalized spacial score (nSPS) is 15.1. The van der Waals surface area contributed by atoms with E-state index in [9.17, 15) is 0 Å². The molecule has 2 N–H and O–H groups in total. The van der Waals surface area contributed by atoms with Gasteiger partial charge in [0, 0.05) is 18.6 Å². The number of nitriles is 1. The monoisotopic (exact) mass is 259 g/mol. The Morgan fingerprint density at radius 3 is 2.47 bits per heavy atom. The molecular formula is C16H25N3. The van der Waals surface area contributed by atoms with E-state index >= 15 is 0 Å². The van der Waals surface area contributed by atoms with E-state index in [2.05, 4.69) is 51.8 Å². The minimum atomic E-state index is 0.101. The van der Waals surface area contributed by atoms with E-state index in [0.29, 0.717) is 11.6 Å². The minimum absolute atomic E-state index is 0.101. The summed E-state index contributed by atoms with van der Waals surface area (Å²) in [6, 6.07) is 10.3. The number of benzene rings is 1. The lowest BCUT2D eigenvalue weighted by atomic mass is 9.82. The summed E-state index contributed by atoms with van der Waals surface area (Å²) in [5.41, 5.74) is 8.12. The summed E-state index contributed by atoms with van der Waals surface area (Å²) in [5, 5.41) is 8.94. The van der Waals surface area contributed by atoms with Crippen molar-refractivity contribution in [2.24, 2.45) is 11.1 Å². The molecule has 1 aromatic rings. The predicted octanol–water partition coefficient (Wildman–Crippen LogP) is 2.75. The average Bonchev–Trinajstić information content (AvgIpc) is 2.26. The third-order valence-corrected chi connectivity index (χ3v) is 3.35. The van der Waals surface area contributed by atoms with Crippen LogP contribution >= 0.6 is 0 Å². The molecule has 0 heterocycles. The average molecular weight is 259 g/mol. The Hall–Kier alpha value is -1.37. The van der Waals surface area contributed by atoms with Gasteiger partial charge in [0.15, 0.2) is 0 Å². The van der Waals surface area contributed by atoms with Crippen LogP contribution in [0.15, 0.2) is 24.3 Å². The van der Waals surface area contributed by atoms with Crippen LogP contribution in [0.1, 0.15) is 38.8 Å². The summed E-state index contributed by atoms with van der Waals surface area (Å²) in [4.78, 5) is 2.28. The second-order valence-corrected chi connectivity index (χ2v) is 6.40. The molecule has 1 aromatic carbocycles. The maximum absolute atomic E-state index is 8.94. The first-order chi connectivity index (χ1) is 8.75. The molecule has 1 rings (SSSR count). The largest absolute Gasteiger partial charge is 0.327 e. The van der Waals surface area contributed by atoms with Gasteiger partial charge in [0.05, 0.1) is 11.6 Å². The molecule has 0 aliphatic heterocycles. The molecule has 0 fully saturated rings. The van der Waals surface area contributed by atoms with Crippen LogP contribution in [0.4, 0.5) is 0 Å². The maximum atomic E-state index is 8.94. The Labute approximate surface area is 117 Å². The van der Waals surface area contributed by atoms with Crippen molar-refractivity contribution in [1.82, 2.24) is 4.90 Å². The number of rotatable bonds is 4. The van der Waals surface area contributed by atoms with Crippen molar-refractivity contribution in [3.05, 3.63) is 35.4 Å². The van der Waals surface area contributed by atoms with E-state index in [1.807, 2.05) is 18.2 Å². The number of hydrogen-bond acceptors (Lipinski definition) is 3. The lowest BCUT2D eigenvalue weighted by molar-refractivity contribution is 0.100. The highest BCUT2D eigenvalue weighted by molar-refractivity contribution is 5.32. The molecule has 2 atom stereocenters. The van der Waals surface area contributed by atoms with Crippen LogP contribution in [0.5, 0.6) is 0 Å². The van der Waals surface area contributed by atoms with Crippen LogP contribution in [-0.4, -0.2) is 24.0 Å². The molecule has 0 radical (unpaired) electrons. The van der Waals surface area contributed by atoms with Gasteiger partial charge in [-0.15, -0.1) is 0 Å². The summed E-state index contributed by atoms with van der Waals surface area (Å²) < 4.78 is 0. The lowest BCUT2D eigenvalue weighted by Gasteiger charge is -2.40. The molecule has 104 valence electrons. The fourth-order valence-corrected chi connectivity index (χ4v) is 2.98. The number of hydrogen-bond donors (Lipinski definition) is 1. The quantitative estimate of drug-likeness (QED) is 0.904. The van der Waals surface area contributed by atoms with Gasteiger partial charge in [-0.25, -0.2) is 0 Å². The molecule has 19 heavy (non-hydrogen) atoms. The van der Waals surface area contributed by atoms with Gasteiger partial charge >= 0.3 is 0 Å². The molecule has 3 heteroatoms. The first kappa shape index (κ1) is 15.7. The maximum Gasteiger partial charge on any atom is 0.0991 e. The second-order valence-electron chi connectivity index (χ2n) is 6.40. The van der Waals surface area contributed by atoms with Crippen molar-refractivity contribution in [2.75, 3.05) is 7.05 Å². The highest BCUT2D eigenvalue weighted by Crippen LogP contribution is 2.26. The fourth-order valence-electron chi connectivity index (χ4n) is 2.98. The van der Waals surface area contributed by atoms with E-state index in [-0.39, 0.29) is 11.5 Å². The molecule has 2 unspecified atom stereocenters. The van der Waals surface area contributed by atoms with E-state index in [1.54, 1.807) is 0 Å². The minimum Gasteiger partial charge on any atom is -0.327 e. The number of nitrogens with two attached hydrogens (primary N) is 1. The summed E-state index contributed by atoms with van der Waals surface area (Å²) >= 11 is 0. The number of nitrogens with zero attached hydrogens (tertiary/aromatic N) is 2. The molecule has 0 amide bonds. The molecule has 0 spiro atoms. The van der Waals surface area contributed by atoms with Gasteiger partial charge in [-0.05, 0) is 37.1 Å². The van der Waals surface area contributed by atoms with Crippen LogP contribution in [0, 0.1) is 16.7 Å². The van der Waals surface area contributed by atoms with E-state index < -0.39 is 0 Å². The van der Waals surface area contributed by atoms with Crippen LogP contribution in [0.3, 0.4) is 0 Å². The number of likely N-dealkylation sites (N-methyl/N-ethyl adjacent to an activating group) is 1. The molecule has 0 aromatic heterocycles. The Kier molecular flexibility index (Phi) is 5.11. The summed E-state index contributed by atoms with van der Waals surface area (Å²) in [5.74, 6) is 0. The molecule has 0 bridgehead atoms. The predicted molar refractivity (Wildman–Crippen MR) is 79.5 cm³/mol. The zero-order valence-electron chi connectivity index (χ0n) is 12.6. The van der Waals surface area contributed by atoms with Gasteiger partial charge in [0.25, 0.3) is 0 Å². The molecule has 0 saturated heterocycles. The second kappa shape index (κ2) is 6.18. The van der Waals surface area contributed by atoms with Gasteiger partial charge in [-0.3, -0.25) is 4.90 Å². The topological polar surface area (TPSA) is 53.0 Å². The fraction of sp³-hybridized carbons (Fsp3) is 0.562. The van der Waals surface area contributed by atoms with Crippen molar-refractivity contribution in [2.45, 2.75) is 46.3 Å². The first-order valence-electron chi connectivity index (χ1n) is 6.70. The van der Waals surface area contributed by atoms with Crippen LogP contribution in [0.2, 0.25) is 0 Å². The Morgan fingerprint density at radius 1 is 1.37 bits per heavy atom. The molecular weight excluding hydrogens is 234 g/mol. The van der Waals surface area contributed by atoms with Crippen molar-refractivity contribution >= 4 is 0 Å².